The predicted molar refractivity (Wildman–Crippen MR) is 106 cm³/mol. The molecule has 6 nitrogen and oxygen atoms in total. The lowest BCUT2D eigenvalue weighted by Gasteiger charge is -2.09. The van der Waals surface area contributed by atoms with E-state index in [1.807, 2.05) is 38.1 Å². The number of nitrogens with one attached hydrogen (secondary N) is 2. The molecule has 144 valence electrons. The van der Waals surface area contributed by atoms with Crippen molar-refractivity contribution >= 4 is 23.4 Å². The van der Waals surface area contributed by atoms with Gasteiger partial charge in [-0.1, -0.05) is 29.8 Å². The normalized spacial score (nSPS) is 10.4. The number of carbonyl (C=O) groups is 2. The third-order valence-electron chi connectivity index (χ3n) is 3.85. The van der Waals surface area contributed by atoms with E-state index in [-0.39, 0.29) is 12.4 Å². The molecule has 0 unspecified atom stereocenters. The van der Waals surface area contributed by atoms with Crippen molar-refractivity contribution in [3.8, 4) is 17.1 Å². The summed E-state index contributed by atoms with van der Waals surface area (Å²) in [7, 11) is 0. The Kier molecular flexibility index (Phi) is 6.01. The van der Waals surface area contributed by atoms with Crippen LogP contribution >= 0.6 is 11.6 Å². The minimum atomic E-state index is -0.585. The molecule has 0 saturated heterocycles. The fourth-order valence-corrected chi connectivity index (χ4v) is 2.88. The van der Waals surface area contributed by atoms with Crippen LogP contribution in [0.25, 0.3) is 11.3 Å². The zero-order chi connectivity index (χ0) is 20.1. The molecule has 2 N–H and O–H groups in total. The summed E-state index contributed by atoms with van der Waals surface area (Å²) in [5, 5.41) is 0.514. The largest absolute Gasteiger partial charge is 0.484 e. The summed E-state index contributed by atoms with van der Waals surface area (Å²) in [6, 6.07) is 16.0. The van der Waals surface area contributed by atoms with E-state index in [0.717, 1.165) is 11.1 Å². The monoisotopic (exact) mass is 398 g/mol. The van der Waals surface area contributed by atoms with Gasteiger partial charge in [-0.05, 0) is 61.4 Å². The van der Waals surface area contributed by atoms with Crippen molar-refractivity contribution in [2.75, 3.05) is 6.61 Å². The molecule has 0 radical (unpaired) electrons. The summed E-state index contributed by atoms with van der Waals surface area (Å²) in [5.74, 6) is 0.0171. The third-order valence-corrected chi connectivity index (χ3v) is 4.18. The zero-order valence-electron chi connectivity index (χ0n) is 15.4. The number of benzene rings is 2. The van der Waals surface area contributed by atoms with Crippen molar-refractivity contribution in [3.63, 3.8) is 0 Å². The summed E-state index contributed by atoms with van der Waals surface area (Å²) >= 11 is 6.12. The minimum Gasteiger partial charge on any atom is -0.484 e. The van der Waals surface area contributed by atoms with E-state index < -0.39 is 11.8 Å². The van der Waals surface area contributed by atoms with Crippen LogP contribution in [0.1, 0.15) is 21.7 Å². The number of hydrogen-bond donors (Lipinski definition) is 2. The second-order valence-electron chi connectivity index (χ2n) is 6.26. The number of furan rings is 1. The second kappa shape index (κ2) is 8.63. The van der Waals surface area contributed by atoms with Crippen LogP contribution in [0.3, 0.4) is 0 Å². The van der Waals surface area contributed by atoms with Gasteiger partial charge in [0.1, 0.15) is 11.5 Å². The van der Waals surface area contributed by atoms with Gasteiger partial charge in [-0.25, -0.2) is 0 Å². The Morgan fingerprint density at radius 3 is 2.43 bits per heavy atom. The molecule has 0 saturated carbocycles. The van der Waals surface area contributed by atoms with Gasteiger partial charge in [-0.3, -0.25) is 20.4 Å². The zero-order valence-corrected chi connectivity index (χ0v) is 16.2. The number of carbonyl (C=O) groups excluding carboxylic acids is 2. The smallest absolute Gasteiger partial charge is 0.305 e. The molecule has 3 rings (SSSR count). The first-order chi connectivity index (χ1) is 13.4. The van der Waals surface area contributed by atoms with Gasteiger partial charge in [-0.15, -0.1) is 0 Å². The Morgan fingerprint density at radius 1 is 1.00 bits per heavy atom. The van der Waals surface area contributed by atoms with Crippen molar-refractivity contribution in [2.24, 2.45) is 0 Å². The molecule has 0 bridgehead atoms. The number of amides is 2. The van der Waals surface area contributed by atoms with E-state index in [1.54, 1.807) is 24.3 Å². The molecule has 7 heteroatoms. The van der Waals surface area contributed by atoms with Crippen LogP contribution in [0.5, 0.6) is 5.75 Å². The topological polar surface area (TPSA) is 80.6 Å². The molecule has 0 aliphatic rings. The molecule has 28 heavy (non-hydrogen) atoms. The summed E-state index contributed by atoms with van der Waals surface area (Å²) in [5.41, 5.74) is 7.33. The highest BCUT2D eigenvalue weighted by atomic mass is 35.5. The fraction of sp³-hybridized carbons (Fsp3) is 0.143. The van der Waals surface area contributed by atoms with Gasteiger partial charge in [-0.2, -0.15) is 0 Å². The molecule has 2 amide bonds. The van der Waals surface area contributed by atoms with E-state index in [0.29, 0.717) is 22.1 Å². The first-order valence-corrected chi connectivity index (χ1v) is 8.95. The SMILES string of the molecule is Cc1cc(C)cc(OCC(=O)NNC(=O)c2ccc(-c3ccccc3Cl)o2)c1. The third kappa shape index (κ3) is 4.92. The first kappa shape index (κ1) is 19.5. The van der Waals surface area contributed by atoms with Crippen LogP contribution in [-0.2, 0) is 4.79 Å². The molecule has 3 aromatic rings. The Hall–Kier alpha value is -3.25. The highest BCUT2D eigenvalue weighted by Gasteiger charge is 2.14. The maximum atomic E-state index is 12.1. The Morgan fingerprint density at radius 2 is 1.71 bits per heavy atom. The van der Waals surface area contributed by atoms with Crippen molar-refractivity contribution in [3.05, 3.63) is 76.5 Å². The minimum absolute atomic E-state index is 0.0467. The van der Waals surface area contributed by atoms with Gasteiger partial charge in [0.15, 0.2) is 12.4 Å². The molecular formula is C21H19ClN2O4. The summed E-state index contributed by atoms with van der Waals surface area (Å²) in [4.78, 5) is 24.0. The Balaban J connectivity index is 1.53. The van der Waals surface area contributed by atoms with Crippen molar-refractivity contribution < 1.29 is 18.7 Å². The van der Waals surface area contributed by atoms with Gasteiger partial charge in [0, 0.05) is 5.56 Å². The van der Waals surface area contributed by atoms with Gasteiger partial charge >= 0.3 is 5.91 Å². The lowest BCUT2D eigenvalue weighted by Crippen LogP contribution is -2.43. The maximum Gasteiger partial charge on any atom is 0.305 e. The van der Waals surface area contributed by atoms with Gasteiger partial charge in [0.2, 0.25) is 0 Å². The fourth-order valence-electron chi connectivity index (χ4n) is 2.65. The van der Waals surface area contributed by atoms with Crippen LogP contribution < -0.4 is 15.6 Å². The quantitative estimate of drug-likeness (QED) is 0.635. The average Bonchev–Trinajstić information content (AvgIpc) is 3.14. The van der Waals surface area contributed by atoms with E-state index in [9.17, 15) is 9.59 Å². The number of hydrazine groups is 1. The Labute approximate surface area is 167 Å². The molecule has 0 atom stereocenters. The maximum absolute atomic E-state index is 12.1. The van der Waals surface area contributed by atoms with E-state index >= 15 is 0 Å². The van der Waals surface area contributed by atoms with Crippen molar-refractivity contribution in [1.29, 1.82) is 0 Å². The van der Waals surface area contributed by atoms with Crippen LogP contribution in [0.15, 0.2) is 59.0 Å². The van der Waals surface area contributed by atoms with Crippen LogP contribution in [-0.4, -0.2) is 18.4 Å². The molecule has 1 heterocycles. The number of halogens is 1. The number of hydrogen-bond acceptors (Lipinski definition) is 4. The summed E-state index contributed by atoms with van der Waals surface area (Å²) in [6.45, 7) is 3.66. The van der Waals surface area contributed by atoms with Crippen molar-refractivity contribution in [2.45, 2.75) is 13.8 Å². The number of rotatable bonds is 5. The summed E-state index contributed by atoms with van der Waals surface area (Å²) in [6.07, 6.45) is 0. The van der Waals surface area contributed by atoms with Crippen molar-refractivity contribution in [1.82, 2.24) is 10.9 Å². The lowest BCUT2D eigenvalue weighted by atomic mass is 10.1. The molecule has 0 aliphatic carbocycles. The van der Waals surface area contributed by atoms with E-state index in [2.05, 4.69) is 10.9 Å². The van der Waals surface area contributed by atoms with Gasteiger partial charge in [0.25, 0.3) is 5.91 Å². The summed E-state index contributed by atoms with van der Waals surface area (Å²) < 4.78 is 11.0. The molecule has 0 spiro atoms. The van der Waals surface area contributed by atoms with Crippen LogP contribution in [0.4, 0.5) is 0 Å². The predicted octanol–water partition coefficient (Wildman–Crippen LogP) is 4.06. The Bertz CT molecular complexity index is 993. The molecule has 0 aliphatic heterocycles. The standard InChI is InChI=1S/C21H19ClN2O4/c1-13-9-14(2)11-15(10-13)27-12-20(25)23-24-21(26)19-8-7-18(28-19)16-5-3-4-6-17(16)22/h3-11H,12H2,1-2H3,(H,23,25)(H,24,26). The molecule has 2 aromatic carbocycles. The molecular weight excluding hydrogens is 380 g/mol. The highest BCUT2D eigenvalue weighted by Crippen LogP contribution is 2.28. The lowest BCUT2D eigenvalue weighted by molar-refractivity contribution is -0.123. The first-order valence-electron chi connectivity index (χ1n) is 8.57. The second-order valence-corrected chi connectivity index (χ2v) is 6.67. The van der Waals surface area contributed by atoms with Crippen LogP contribution in [0, 0.1) is 13.8 Å². The molecule has 0 fully saturated rings. The number of ether oxygens (including phenoxy) is 1. The van der Waals surface area contributed by atoms with Crippen LogP contribution in [0.2, 0.25) is 5.02 Å². The number of aryl methyl sites for hydroxylation is 2. The van der Waals surface area contributed by atoms with Gasteiger partial charge < -0.3 is 9.15 Å². The average molecular weight is 399 g/mol. The van der Waals surface area contributed by atoms with E-state index in [1.165, 1.54) is 6.07 Å². The van der Waals surface area contributed by atoms with Gasteiger partial charge in [0.05, 0.1) is 5.02 Å². The molecule has 1 aromatic heterocycles. The highest BCUT2D eigenvalue weighted by molar-refractivity contribution is 6.33. The van der Waals surface area contributed by atoms with E-state index in [4.69, 9.17) is 20.8 Å².